The quantitative estimate of drug-likeness (QED) is 0.235. The smallest absolute Gasteiger partial charge is 0.356 e. The monoisotopic (exact) mass is 415 g/mol. The van der Waals surface area contributed by atoms with Gasteiger partial charge in [-0.25, -0.2) is 4.79 Å². The number of carbonyl (C=O) groups excluding carboxylic acids is 4. The fraction of sp³-hybridized carbons (Fsp3) is 0.316. The van der Waals surface area contributed by atoms with Crippen LogP contribution in [-0.4, -0.2) is 43.9 Å². The van der Waals surface area contributed by atoms with Crippen LogP contribution in [0.4, 0.5) is 0 Å². The molecule has 10 heteroatoms. The zero-order valence-electron chi connectivity index (χ0n) is 15.7. The van der Waals surface area contributed by atoms with Gasteiger partial charge in [0.05, 0.1) is 17.9 Å². The first kappa shape index (κ1) is 20.5. The van der Waals surface area contributed by atoms with Gasteiger partial charge in [0.2, 0.25) is 5.91 Å². The van der Waals surface area contributed by atoms with Crippen molar-refractivity contribution >= 4 is 40.6 Å². The molecule has 2 aliphatic heterocycles. The van der Waals surface area contributed by atoms with Gasteiger partial charge in [-0.05, 0) is 24.2 Å². The average molecular weight is 415 g/mol. The molecule has 0 spiro atoms. The van der Waals surface area contributed by atoms with Gasteiger partial charge in [-0.15, -0.1) is 0 Å². The van der Waals surface area contributed by atoms with Gasteiger partial charge < -0.3 is 15.0 Å². The van der Waals surface area contributed by atoms with Gasteiger partial charge in [-0.1, -0.05) is 30.3 Å². The standard InChI is InChI=1S/C19H17N3O6S/c1-10-15(19(26)27-9-12-6-4-3-5-7-12)22-17(25)13(8-14(24)28-11(2)23)18(22)29-16(10)21-20/h3-7,13,18H,8-9H2,1-2H3/t13-,18-/m0/s1. The van der Waals surface area contributed by atoms with E-state index >= 15 is 0 Å². The molecule has 9 nitrogen and oxygen atoms in total. The van der Waals surface area contributed by atoms with Gasteiger partial charge >= 0.3 is 23.0 Å². The fourth-order valence-electron chi connectivity index (χ4n) is 3.09. The second-order valence-electron chi connectivity index (χ2n) is 6.43. The Morgan fingerprint density at radius 3 is 2.55 bits per heavy atom. The minimum Gasteiger partial charge on any atom is -0.456 e. The van der Waals surface area contributed by atoms with Crippen LogP contribution in [0.1, 0.15) is 25.8 Å². The van der Waals surface area contributed by atoms with E-state index in [0.29, 0.717) is 5.57 Å². The highest BCUT2D eigenvalue weighted by Gasteiger charge is 2.57. The third-order valence-corrected chi connectivity index (χ3v) is 5.84. The maximum Gasteiger partial charge on any atom is 0.356 e. The van der Waals surface area contributed by atoms with Crippen LogP contribution in [0.3, 0.4) is 0 Å². The fourth-order valence-corrected chi connectivity index (χ4v) is 4.33. The van der Waals surface area contributed by atoms with E-state index in [-0.39, 0.29) is 23.8 Å². The highest BCUT2D eigenvalue weighted by molar-refractivity contribution is 8.14. The van der Waals surface area contributed by atoms with E-state index in [1.807, 2.05) is 6.07 Å². The molecule has 1 fully saturated rings. The molecule has 150 valence electrons. The van der Waals surface area contributed by atoms with Crippen molar-refractivity contribution in [1.82, 2.24) is 4.90 Å². The second kappa shape index (κ2) is 8.42. The summed E-state index contributed by atoms with van der Waals surface area (Å²) in [5.74, 6) is -3.62. The first-order valence-electron chi connectivity index (χ1n) is 8.68. The maximum atomic E-state index is 12.7. The van der Waals surface area contributed by atoms with Crippen molar-refractivity contribution in [3.8, 4) is 0 Å². The minimum absolute atomic E-state index is 0.0102. The Kier molecular flexibility index (Phi) is 5.95. The van der Waals surface area contributed by atoms with Gasteiger partial charge in [-0.2, -0.15) is 4.79 Å². The molecule has 0 aromatic heterocycles. The second-order valence-corrected chi connectivity index (χ2v) is 7.54. The van der Waals surface area contributed by atoms with Gasteiger partial charge in [0, 0.05) is 6.92 Å². The number of fused-ring (bicyclic) bond motifs is 1. The Labute approximate surface area is 170 Å². The molecule has 1 saturated heterocycles. The van der Waals surface area contributed by atoms with E-state index in [1.165, 1.54) is 4.90 Å². The summed E-state index contributed by atoms with van der Waals surface area (Å²) in [6, 6.07) is 9.03. The predicted molar refractivity (Wildman–Crippen MR) is 101 cm³/mol. The molecule has 29 heavy (non-hydrogen) atoms. The van der Waals surface area contributed by atoms with Crippen LogP contribution in [0.5, 0.6) is 0 Å². The van der Waals surface area contributed by atoms with Crippen LogP contribution in [0.15, 0.2) is 41.6 Å². The van der Waals surface area contributed by atoms with Gasteiger partial charge in [0.25, 0.3) is 0 Å². The van der Waals surface area contributed by atoms with E-state index in [9.17, 15) is 24.7 Å². The summed E-state index contributed by atoms with van der Waals surface area (Å²) in [6.45, 7) is 2.64. The van der Waals surface area contributed by atoms with E-state index in [0.717, 1.165) is 24.2 Å². The average Bonchev–Trinajstić information content (AvgIpc) is 2.70. The summed E-state index contributed by atoms with van der Waals surface area (Å²) in [6.07, 6.45) is -0.323. The Balaban J connectivity index is 1.79. The Morgan fingerprint density at radius 2 is 1.93 bits per heavy atom. The molecule has 2 aliphatic rings. The zero-order chi connectivity index (χ0) is 21.1. The van der Waals surface area contributed by atoms with Crippen LogP contribution in [0.2, 0.25) is 0 Å². The predicted octanol–water partition coefficient (Wildman–Crippen LogP) is 1.64. The lowest BCUT2D eigenvalue weighted by Crippen LogP contribution is -2.62. The van der Waals surface area contributed by atoms with Crippen molar-refractivity contribution in [1.29, 1.82) is 0 Å². The van der Waals surface area contributed by atoms with E-state index < -0.39 is 35.1 Å². The van der Waals surface area contributed by atoms with E-state index in [1.54, 1.807) is 31.2 Å². The number of benzene rings is 1. The van der Waals surface area contributed by atoms with Crippen molar-refractivity contribution in [2.45, 2.75) is 32.2 Å². The largest absolute Gasteiger partial charge is 0.456 e. The summed E-state index contributed by atoms with van der Waals surface area (Å²) in [5, 5.41) is -0.494. The van der Waals surface area contributed by atoms with Crippen molar-refractivity contribution in [3.63, 3.8) is 0 Å². The maximum absolute atomic E-state index is 12.7. The molecule has 0 bridgehead atoms. The molecule has 2 atom stereocenters. The number of β-lactam (4-membered cyclic amide) rings is 1. The van der Waals surface area contributed by atoms with Crippen LogP contribution >= 0.6 is 11.8 Å². The highest BCUT2D eigenvalue weighted by Crippen LogP contribution is 2.46. The number of carbonyl (C=O) groups is 4. The highest BCUT2D eigenvalue weighted by atomic mass is 32.2. The molecule has 0 unspecified atom stereocenters. The molecular formula is C19H17N3O6S. The van der Waals surface area contributed by atoms with Crippen LogP contribution in [0, 0.1) is 5.92 Å². The van der Waals surface area contributed by atoms with Gasteiger partial charge in [0.15, 0.2) is 0 Å². The number of rotatable bonds is 5. The molecule has 0 N–H and O–H groups in total. The lowest BCUT2D eigenvalue weighted by atomic mass is 9.92. The number of esters is 3. The van der Waals surface area contributed by atoms with Crippen molar-refractivity contribution in [2.75, 3.05) is 0 Å². The zero-order valence-corrected chi connectivity index (χ0v) is 16.5. The summed E-state index contributed by atoms with van der Waals surface area (Å²) >= 11 is 1.04. The van der Waals surface area contributed by atoms with Gasteiger partial charge in [-0.3, -0.25) is 19.3 Å². The lowest BCUT2D eigenvalue weighted by Gasteiger charge is -2.47. The number of amides is 1. The van der Waals surface area contributed by atoms with Crippen LogP contribution in [-0.2, 0) is 35.3 Å². The molecule has 1 amide bonds. The summed E-state index contributed by atoms with van der Waals surface area (Å²) in [4.78, 5) is 52.4. The number of hydrogen-bond donors (Lipinski definition) is 0. The van der Waals surface area contributed by atoms with Crippen molar-refractivity contribution in [2.24, 2.45) is 5.92 Å². The third-order valence-electron chi connectivity index (χ3n) is 4.44. The van der Waals surface area contributed by atoms with Crippen molar-refractivity contribution < 1.29 is 33.4 Å². The topological polar surface area (TPSA) is 126 Å². The lowest BCUT2D eigenvalue weighted by molar-refractivity contribution is -0.164. The van der Waals surface area contributed by atoms with E-state index in [2.05, 4.69) is 9.53 Å². The Hall–Kier alpha value is -3.23. The third kappa shape index (κ3) is 4.13. The minimum atomic E-state index is -0.835. The first-order valence-corrected chi connectivity index (χ1v) is 9.56. The molecule has 0 aliphatic carbocycles. The van der Waals surface area contributed by atoms with Crippen LogP contribution in [0.25, 0.3) is 5.53 Å². The molecule has 3 rings (SSSR count). The molecule has 1 aromatic carbocycles. The molecule has 2 heterocycles. The molecular weight excluding hydrogens is 398 g/mol. The van der Waals surface area contributed by atoms with Gasteiger partial charge in [0.1, 0.15) is 17.7 Å². The van der Waals surface area contributed by atoms with Crippen LogP contribution < -0.4 is 0 Å². The Bertz CT molecular complexity index is 967. The first-order chi connectivity index (χ1) is 13.8. The summed E-state index contributed by atoms with van der Waals surface area (Å²) in [5.41, 5.74) is 10.3. The summed E-state index contributed by atoms with van der Waals surface area (Å²) in [7, 11) is 0. The Morgan fingerprint density at radius 1 is 1.24 bits per heavy atom. The molecule has 0 saturated carbocycles. The summed E-state index contributed by atoms with van der Waals surface area (Å²) < 4.78 is 9.81. The van der Waals surface area contributed by atoms with Crippen molar-refractivity contribution in [3.05, 3.63) is 52.7 Å². The number of hydrogen-bond acceptors (Lipinski definition) is 7. The number of ether oxygens (including phenoxy) is 2. The normalized spacial score (nSPS) is 20.4. The molecule has 1 aromatic rings. The van der Waals surface area contributed by atoms with E-state index in [4.69, 9.17) is 4.74 Å². The molecule has 0 radical (unpaired) electrons. The number of nitrogens with zero attached hydrogens (tertiary/aromatic N) is 3. The SMILES string of the molecule is CC(=O)OC(=O)C[C@H]1C(=O)N2C(C(=O)OCc3ccccc3)=C(C)C(=[N+]=[N-])S[C@@H]12. The number of thioether (sulfide) groups is 1.